The van der Waals surface area contributed by atoms with Gasteiger partial charge in [-0.3, -0.25) is 9.78 Å². The molecule has 2 N–H and O–H groups in total. The summed E-state index contributed by atoms with van der Waals surface area (Å²) in [5.41, 5.74) is 0.376. The van der Waals surface area contributed by atoms with Crippen molar-refractivity contribution in [2.45, 2.75) is 19.4 Å². The number of hydrogen-bond acceptors (Lipinski definition) is 4. The van der Waals surface area contributed by atoms with E-state index in [9.17, 15) is 9.90 Å². The molecule has 1 unspecified atom stereocenters. The summed E-state index contributed by atoms with van der Waals surface area (Å²) in [6.07, 6.45) is 3.21. The van der Waals surface area contributed by atoms with Gasteiger partial charge < -0.3 is 10.4 Å². The van der Waals surface area contributed by atoms with Crippen LogP contribution in [0, 0.1) is 6.92 Å². The van der Waals surface area contributed by atoms with E-state index in [4.69, 9.17) is 0 Å². The number of aryl methyl sites for hydroxylation is 1. The van der Waals surface area contributed by atoms with Gasteiger partial charge in [-0.2, -0.15) is 0 Å². The van der Waals surface area contributed by atoms with Gasteiger partial charge in [0.05, 0.1) is 12.1 Å². The summed E-state index contributed by atoms with van der Waals surface area (Å²) < 4.78 is 0. The summed E-state index contributed by atoms with van der Waals surface area (Å²) in [6, 6.07) is 5.49. The van der Waals surface area contributed by atoms with E-state index in [1.165, 1.54) is 17.5 Å². The first kappa shape index (κ1) is 13.7. The van der Waals surface area contributed by atoms with E-state index in [-0.39, 0.29) is 12.5 Å². The van der Waals surface area contributed by atoms with Crippen LogP contribution in [0.3, 0.4) is 0 Å². The standard InChI is InChI=1S/C14H16N2O2S/c1-10-6-11(8-15-7-10)13(17)16-9-14(2,18)12-4-3-5-19-12/h3-8,18H,9H2,1-2H3,(H,16,17). The van der Waals surface area contributed by atoms with E-state index >= 15 is 0 Å². The van der Waals surface area contributed by atoms with Crippen molar-refractivity contribution in [1.82, 2.24) is 10.3 Å². The molecule has 1 amide bonds. The molecule has 0 spiro atoms. The zero-order valence-corrected chi connectivity index (χ0v) is 11.7. The number of rotatable bonds is 4. The number of thiophene rings is 1. The summed E-state index contributed by atoms with van der Waals surface area (Å²) in [5, 5.41) is 14.9. The molecule has 100 valence electrons. The first-order chi connectivity index (χ1) is 8.99. The van der Waals surface area contributed by atoms with Crippen LogP contribution in [0.1, 0.15) is 27.7 Å². The zero-order valence-electron chi connectivity index (χ0n) is 10.9. The second-order valence-electron chi connectivity index (χ2n) is 4.68. The Bertz CT molecular complexity index is 565. The molecule has 0 saturated carbocycles. The smallest absolute Gasteiger partial charge is 0.252 e. The van der Waals surface area contributed by atoms with Gasteiger partial charge in [0, 0.05) is 17.3 Å². The number of aromatic nitrogens is 1. The van der Waals surface area contributed by atoms with Gasteiger partial charge >= 0.3 is 0 Å². The first-order valence-corrected chi connectivity index (χ1v) is 6.83. The predicted octanol–water partition coefficient (Wildman–Crippen LogP) is 2.09. The number of carbonyl (C=O) groups excluding carboxylic acids is 1. The van der Waals surface area contributed by atoms with E-state index < -0.39 is 5.60 Å². The minimum absolute atomic E-state index is 0.167. The van der Waals surface area contributed by atoms with Gasteiger partial charge in [-0.05, 0) is 36.9 Å². The van der Waals surface area contributed by atoms with Crippen LogP contribution in [0.25, 0.3) is 0 Å². The van der Waals surface area contributed by atoms with E-state index in [2.05, 4.69) is 10.3 Å². The Morgan fingerprint density at radius 1 is 1.53 bits per heavy atom. The lowest BCUT2D eigenvalue weighted by Gasteiger charge is -2.22. The highest BCUT2D eigenvalue weighted by Crippen LogP contribution is 2.24. The van der Waals surface area contributed by atoms with Gasteiger partial charge in [0.2, 0.25) is 0 Å². The SMILES string of the molecule is Cc1cncc(C(=O)NCC(C)(O)c2cccs2)c1. The van der Waals surface area contributed by atoms with Crippen LogP contribution in [0.2, 0.25) is 0 Å². The fourth-order valence-corrected chi connectivity index (χ4v) is 2.49. The molecule has 2 aromatic rings. The number of nitrogens with one attached hydrogen (secondary N) is 1. The minimum Gasteiger partial charge on any atom is -0.383 e. The van der Waals surface area contributed by atoms with Crippen LogP contribution in [0.5, 0.6) is 0 Å². The maximum Gasteiger partial charge on any atom is 0.252 e. The molecule has 0 aliphatic heterocycles. The lowest BCUT2D eigenvalue weighted by Crippen LogP contribution is -2.38. The monoisotopic (exact) mass is 276 g/mol. The number of amides is 1. The average Bonchev–Trinajstić information content (AvgIpc) is 2.90. The molecule has 2 heterocycles. The van der Waals surface area contributed by atoms with Crippen molar-refractivity contribution in [3.05, 3.63) is 52.0 Å². The topological polar surface area (TPSA) is 62.2 Å². The van der Waals surface area contributed by atoms with Gasteiger partial charge in [-0.25, -0.2) is 0 Å². The zero-order chi connectivity index (χ0) is 13.9. The molecule has 19 heavy (non-hydrogen) atoms. The van der Waals surface area contributed by atoms with E-state index in [0.717, 1.165) is 10.4 Å². The van der Waals surface area contributed by atoms with Crippen molar-refractivity contribution >= 4 is 17.2 Å². The molecule has 4 nitrogen and oxygen atoms in total. The Morgan fingerprint density at radius 3 is 2.95 bits per heavy atom. The molecule has 0 bridgehead atoms. The highest BCUT2D eigenvalue weighted by atomic mass is 32.1. The molecular weight excluding hydrogens is 260 g/mol. The van der Waals surface area contributed by atoms with Crippen molar-refractivity contribution in [2.75, 3.05) is 6.54 Å². The normalized spacial score (nSPS) is 13.8. The molecular formula is C14H16N2O2S. The number of aliphatic hydroxyl groups is 1. The number of pyridine rings is 1. The van der Waals surface area contributed by atoms with Gasteiger partial charge in [0.15, 0.2) is 0 Å². The van der Waals surface area contributed by atoms with Gasteiger partial charge in [0.1, 0.15) is 5.60 Å². The Labute approximate surface area is 116 Å². The van der Waals surface area contributed by atoms with Crippen LogP contribution in [0.4, 0.5) is 0 Å². The van der Waals surface area contributed by atoms with Crippen molar-refractivity contribution < 1.29 is 9.90 Å². The molecule has 0 fully saturated rings. The fourth-order valence-electron chi connectivity index (χ4n) is 1.71. The number of hydrogen-bond donors (Lipinski definition) is 2. The van der Waals surface area contributed by atoms with Crippen molar-refractivity contribution in [2.24, 2.45) is 0 Å². The van der Waals surface area contributed by atoms with Crippen LogP contribution in [-0.2, 0) is 5.60 Å². The summed E-state index contributed by atoms with van der Waals surface area (Å²) in [7, 11) is 0. The summed E-state index contributed by atoms with van der Waals surface area (Å²) in [6.45, 7) is 3.74. The third-order valence-corrected chi connectivity index (χ3v) is 3.91. The highest BCUT2D eigenvalue weighted by Gasteiger charge is 2.25. The Balaban J connectivity index is 2.01. The number of nitrogens with zero attached hydrogens (tertiary/aromatic N) is 1. The molecule has 5 heteroatoms. The Hall–Kier alpha value is -1.72. The summed E-state index contributed by atoms with van der Waals surface area (Å²) >= 11 is 1.47. The van der Waals surface area contributed by atoms with Crippen molar-refractivity contribution in [3.63, 3.8) is 0 Å². The van der Waals surface area contributed by atoms with E-state index in [0.29, 0.717) is 5.56 Å². The quantitative estimate of drug-likeness (QED) is 0.899. The minimum atomic E-state index is -1.05. The molecule has 1 atom stereocenters. The molecule has 0 radical (unpaired) electrons. The lowest BCUT2D eigenvalue weighted by molar-refractivity contribution is 0.0556. The van der Waals surface area contributed by atoms with Crippen molar-refractivity contribution in [1.29, 1.82) is 0 Å². The summed E-state index contributed by atoms with van der Waals surface area (Å²) in [5.74, 6) is -0.229. The van der Waals surface area contributed by atoms with Gasteiger partial charge in [-0.15, -0.1) is 11.3 Å². The fraction of sp³-hybridized carbons (Fsp3) is 0.286. The number of carbonyl (C=O) groups is 1. The molecule has 0 saturated heterocycles. The maximum atomic E-state index is 12.0. The van der Waals surface area contributed by atoms with E-state index in [1.807, 2.05) is 24.4 Å². The average molecular weight is 276 g/mol. The molecule has 0 aliphatic carbocycles. The van der Waals surface area contributed by atoms with Crippen LogP contribution in [-0.4, -0.2) is 22.5 Å². The lowest BCUT2D eigenvalue weighted by atomic mass is 10.1. The van der Waals surface area contributed by atoms with E-state index in [1.54, 1.807) is 19.2 Å². The van der Waals surface area contributed by atoms with Crippen LogP contribution < -0.4 is 5.32 Å². The second kappa shape index (κ2) is 5.50. The van der Waals surface area contributed by atoms with Crippen LogP contribution in [0.15, 0.2) is 36.0 Å². The largest absolute Gasteiger partial charge is 0.383 e. The third-order valence-electron chi connectivity index (χ3n) is 2.78. The summed E-state index contributed by atoms with van der Waals surface area (Å²) in [4.78, 5) is 16.8. The van der Waals surface area contributed by atoms with Gasteiger partial charge in [-0.1, -0.05) is 6.07 Å². The molecule has 2 aromatic heterocycles. The third kappa shape index (κ3) is 3.39. The molecule has 0 aromatic carbocycles. The first-order valence-electron chi connectivity index (χ1n) is 5.95. The van der Waals surface area contributed by atoms with Crippen LogP contribution >= 0.6 is 11.3 Å². The van der Waals surface area contributed by atoms with Gasteiger partial charge in [0.25, 0.3) is 5.91 Å². The Kier molecular flexibility index (Phi) is 3.97. The Morgan fingerprint density at radius 2 is 2.32 bits per heavy atom. The predicted molar refractivity (Wildman–Crippen MR) is 75.2 cm³/mol. The molecule has 0 aliphatic rings. The van der Waals surface area contributed by atoms with Crippen molar-refractivity contribution in [3.8, 4) is 0 Å². The molecule has 2 rings (SSSR count). The second-order valence-corrected chi connectivity index (χ2v) is 5.63. The highest BCUT2D eigenvalue weighted by molar-refractivity contribution is 7.10. The maximum absolute atomic E-state index is 12.0.